The summed E-state index contributed by atoms with van der Waals surface area (Å²) in [5.74, 6) is -0.980. The van der Waals surface area contributed by atoms with E-state index in [0.717, 1.165) is 83.5 Å². The second-order valence-electron chi connectivity index (χ2n) is 14.9. The molecule has 1 atom stereocenters. The van der Waals surface area contributed by atoms with E-state index in [-0.39, 0.29) is 37.5 Å². The molecule has 0 spiro atoms. The van der Waals surface area contributed by atoms with Crippen molar-refractivity contribution in [2.45, 2.75) is 219 Å². The number of hydrogen-bond acceptors (Lipinski definition) is 6. The van der Waals surface area contributed by atoms with Gasteiger partial charge in [0, 0.05) is 19.3 Å². The Bertz CT molecular complexity index is 1020. The molecule has 0 aromatic carbocycles. The molecule has 0 amide bonds. The molecule has 55 heavy (non-hydrogen) atoms. The fourth-order valence-electron chi connectivity index (χ4n) is 6.14. The number of ether oxygens (including phenoxy) is 3. The van der Waals surface area contributed by atoms with Crippen molar-refractivity contribution in [3.63, 3.8) is 0 Å². The molecule has 1 unspecified atom stereocenters. The molecule has 0 saturated carbocycles. The van der Waals surface area contributed by atoms with Crippen molar-refractivity contribution in [1.29, 1.82) is 0 Å². The van der Waals surface area contributed by atoms with Crippen molar-refractivity contribution in [3.05, 3.63) is 60.8 Å². The molecule has 0 aliphatic heterocycles. The van der Waals surface area contributed by atoms with Gasteiger partial charge >= 0.3 is 17.9 Å². The van der Waals surface area contributed by atoms with Gasteiger partial charge in [-0.3, -0.25) is 14.4 Å². The summed E-state index contributed by atoms with van der Waals surface area (Å²) in [4.78, 5) is 37.6. The molecule has 0 aromatic heterocycles. The summed E-state index contributed by atoms with van der Waals surface area (Å²) < 4.78 is 16.6. The maximum atomic E-state index is 12.7. The first-order chi connectivity index (χ1) is 27.0. The minimum absolute atomic E-state index is 0.0987. The zero-order valence-electron chi connectivity index (χ0n) is 35.9. The molecule has 0 heterocycles. The lowest BCUT2D eigenvalue weighted by Gasteiger charge is -2.18. The van der Waals surface area contributed by atoms with E-state index in [1.165, 1.54) is 83.5 Å². The van der Waals surface area contributed by atoms with E-state index in [2.05, 4.69) is 81.5 Å². The predicted octanol–water partition coefficient (Wildman–Crippen LogP) is 14.5. The molecule has 0 rings (SSSR count). The summed E-state index contributed by atoms with van der Waals surface area (Å²) >= 11 is 0. The van der Waals surface area contributed by atoms with Crippen molar-refractivity contribution in [2.75, 3.05) is 13.2 Å². The molecule has 0 aliphatic carbocycles. The SMILES string of the molecule is CC/C=C\C/C=C\C/C=C\CCCCC(=O)OC(COC(=O)CCCC/C=C\C/C=C\CC)COC(=O)CCCCCCCCCCCCCCCCCC. The second-order valence-corrected chi connectivity index (χ2v) is 14.9. The highest BCUT2D eigenvalue weighted by molar-refractivity contribution is 5.71. The molecule has 0 fully saturated rings. The number of hydrogen-bond donors (Lipinski definition) is 0. The van der Waals surface area contributed by atoms with Gasteiger partial charge in [-0.1, -0.05) is 178 Å². The van der Waals surface area contributed by atoms with Crippen LogP contribution in [0, 0.1) is 0 Å². The Hall–Kier alpha value is -2.89. The third-order valence-electron chi connectivity index (χ3n) is 9.52. The topological polar surface area (TPSA) is 78.9 Å². The van der Waals surface area contributed by atoms with E-state index in [4.69, 9.17) is 14.2 Å². The van der Waals surface area contributed by atoms with Crippen molar-refractivity contribution in [2.24, 2.45) is 0 Å². The maximum absolute atomic E-state index is 12.7. The van der Waals surface area contributed by atoms with Crippen LogP contribution in [-0.2, 0) is 28.6 Å². The largest absolute Gasteiger partial charge is 0.462 e. The first kappa shape index (κ1) is 52.1. The number of rotatable bonds is 40. The van der Waals surface area contributed by atoms with Gasteiger partial charge in [0.2, 0.25) is 0 Å². The smallest absolute Gasteiger partial charge is 0.306 e. The predicted molar refractivity (Wildman–Crippen MR) is 233 cm³/mol. The molecular weight excluding hydrogens is 685 g/mol. The lowest BCUT2D eigenvalue weighted by molar-refractivity contribution is -0.167. The average Bonchev–Trinajstić information content (AvgIpc) is 3.18. The molecule has 0 aromatic rings. The number of carbonyl (C=O) groups is 3. The summed E-state index contributed by atoms with van der Waals surface area (Å²) in [6.45, 7) is 6.32. The first-order valence-corrected chi connectivity index (χ1v) is 22.8. The molecule has 0 radical (unpaired) electrons. The molecular formula is C49H84O6. The van der Waals surface area contributed by atoms with Crippen LogP contribution in [0.5, 0.6) is 0 Å². The Kier molecular flexibility index (Phi) is 41.5. The van der Waals surface area contributed by atoms with Crippen LogP contribution in [0.25, 0.3) is 0 Å². The van der Waals surface area contributed by atoms with Gasteiger partial charge in [0.25, 0.3) is 0 Å². The minimum Gasteiger partial charge on any atom is -0.462 e. The maximum Gasteiger partial charge on any atom is 0.306 e. The number of carbonyl (C=O) groups excluding carboxylic acids is 3. The van der Waals surface area contributed by atoms with Crippen molar-refractivity contribution < 1.29 is 28.6 Å². The van der Waals surface area contributed by atoms with Crippen LogP contribution < -0.4 is 0 Å². The van der Waals surface area contributed by atoms with Gasteiger partial charge in [-0.2, -0.15) is 0 Å². The van der Waals surface area contributed by atoms with Gasteiger partial charge in [0.15, 0.2) is 6.10 Å². The van der Waals surface area contributed by atoms with Crippen molar-refractivity contribution in [1.82, 2.24) is 0 Å². The van der Waals surface area contributed by atoms with Crippen molar-refractivity contribution in [3.8, 4) is 0 Å². The van der Waals surface area contributed by atoms with E-state index in [1.807, 2.05) is 0 Å². The Morgan fingerprint density at radius 3 is 1.11 bits per heavy atom. The third kappa shape index (κ3) is 42.1. The van der Waals surface area contributed by atoms with Gasteiger partial charge in [-0.15, -0.1) is 0 Å². The highest BCUT2D eigenvalue weighted by Gasteiger charge is 2.19. The van der Waals surface area contributed by atoms with Crippen molar-refractivity contribution >= 4 is 17.9 Å². The zero-order chi connectivity index (χ0) is 40.1. The molecule has 6 nitrogen and oxygen atoms in total. The van der Waals surface area contributed by atoms with E-state index in [9.17, 15) is 14.4 Å². The molecule has 0 bridgehead atoms. The number of unbranched alkanes of at least 4 members (excludes halogenated alkanes) is 19. The lowest BCUT2D eigenvalue weighted by Crippen LogP contribution is -2.30. The van der Waals surface area contributed by atoms with E-state index < -0.39 is 6.10 Å². The first-order valence-electron chi connectivity index (χ1n) is 22.8. The third-order valence-corrected chi connectivity index (χ3v) is 9.52. The van der Waals surface area contributed by atoms with Crippen LogP contribution in [0.4, 0.5) is 0 Å². The summed E-state index contributed by atoms with van der Waals surface area (Å²) in [5.41, 5.74) is 0. The van der Waals surface area contributed by atoms with Gasteiger partial charge in [-0.05, 0) is 77.0 Å². The monoisotopic (exact) mass is 769 g/mol. The quantitative estimate of drug-likeness (QED) is 0.0267. The number of allylic oxidation sites excluding steroid dienone is 10. The molecule has 316 valence electrons. The summed E-state index contributed by atoms with van der Waals surface area (Å²) in [6, 6.07) is 0. The summed E-state index contributed by atoms with van der Waals surface area (Å²) in [7, 11) is 0. The van der Waals surface area contributed by atoms with E-state index in [1.54, 1.807) is 0 Å². The van der Waals surface area contributed by atoms with E-state index in [0.29, 0.717) is 19.3 Å². The van der Waals surface area contributed by atoms with E-state index >= 15 is 0 Å². The summed E-state index contributed by atoms with van der Waals surface area (Å²) in [5, 5.41) is 0. The Labute approximate surface area is 339 Å². The van der Waals surface area contributed by atoms with Crippen LogP contribution in [0.3, 0.4) is 0 Å². The molecule has 0 aliphatic rings. The average molecular weight is 769 g/mol. The minimum atomic E-state index is -0.802. The summed E-state index contributed by atoms with van der Waals surface area (Å²) in [6.07, 6.45) is 52.2. The van der Waals surface area contributed by atoms with Gasteiger partial charge in [-0.25, -0.2) is 0 Å². The fraction of sp³-hybridized carbons (Fsp3) is 0.735. The Balaban J connectivity index is 4.38. The molecule has 0 saturated heterocycles. The Morgan fingerprint density at radius 1 is 0.382 bits per heavy atom. The van der Waals surface area contributed by atoms with Gasteiger partial charge in [0.1, 0.15) is 13.2 Å². The van der Waals surface area contributed by atoms with Crippen LogP contribution in [0.1, 0.15) is 213 Å². The molecule has 0 N–H and O–H groups in total. The highest BCUT2D eigenvalue weighted by atomic mass is 16.6. The fourth-order valence-corrected chi connectivity index (χ4v) is 6.14. The van der Waals surface area contributed by atoms with Gasteiger partial charge in [0.05, 0.1) is 0 Å². The normalized spacial score (nSPS) is 12.6. The highest BCUT2D eigenvalue weighted by Crippen LogP contribution is 2.15. The Morgan fingerprint density at radius 2 is 0.709 bits per heavy atom. The second kappa shape index (κ2) is 43.8. The number of esters is 3. The van der Waals surface area contributed by atoms with Crippen LogP contribution in [0.15, 0.2) is 60.8 Å². The lowest BCUT2D eigenvalue weighted by atomic mass is 10.0. The van der Waals surface area contributed by atoms with Crippen LogP contribution in [0.2, 0.25) is 0 Å². The van der Waals surface area contributed by atoms with Crippen LogP contribution in [-0.4, -0.2) is 37.2 Å². The molecule has 6 heteroatoms. The zero-order valence-corrected chi connectivity index (χ0v) is 35.9. The van der Waals surface area contributed by atoms with Gasteiger partial charge < -0.3 is 14.2 Å². The standard InChI is InChI=1S/C49H84O6/c1-4-7-10-13-16-19-21-23-24-25-26-28-30-33-36-39-42-48(51)54-45-46(44-53-47(50)41-38-35-32-29-18-15-12-9-6-3)55-49(52)43-40-37-34-31-27-22-20-17-14-11-8-5-2/h8-9,11-12,17-18,20,27,29,31,46H,4-7,10,13-16,19,21-26,28,30,32-45H2,1-3H3/b11-8-,12-9-,20-17-,29-18-,31-27-. The van der Waals surface area contributed by atoms with Crippen LogP contribution >= 0.6 is 0 Å².